The molecule has 0 fully saturated rings. The lowest BCUT2D eigenvalue weighted by Gasteiger charge is -2.26. The van der Waals surface area contributed by atoms with Gasteiger partial charge in [0.15, 0.2) is 0 Å². The number of hydrogen-bond donors (Lipinski definition) is 1. The highest BCUT2D eigenvalue weighted by Gasteiger charge is 2.20. The molecule has 2 rings (SSSR count). The third-order valence-electron chi connectivity index (χ3n) is 2.34. The van der Waals surface area contributed by atoms with Crippen LogP contribution in [0.3, 0.4) is 0 Å². The number of hydrazine groups is 1. The van der Waals surface area contributed by atoms with Crippen LogP contribution in [-0.2, 0) is 6.54 Å². The van der Waals surface area contributed by atoms with Crippen molar-refractivity contribution in [3.05, 3.63) is 34.9 Å². The number of amides is 1. The van der Waals surface area contributed by atoms with Crippen LogP contribution in [0.15, 0.2) is 18.2 Å². The van der Waals surface area contributed by atoms with Crippen molar-refractivity contribution in [3.8, 4) is 0 Å². The fourth-order valence-corrected chi connectivity index (χ4v) is 1.64. The predicted molar refractivity (Wildman–Crippen MR) is 50.1 cm³/mol. The number of hydrogen-bond acceptors (Lipinski definition) is 2. The summed E-state index contributed by atoms with van der Waals surface area (Å²) in [6.07, 6.45) is 0. The third-order valence-corrected chi connectivity index (χ3v) is 2.34. The summed E-state index contributed by atoms with van der Waals surface area (Å²) in [5, 5.41) is 1.80. The van der Waals surface area contributed by atoms with Gasteiger partial charge in [-0.1, -0.05) is 12.1 Å². The minimum Gasteiger partial charge on any atom is -0.285 e. The summed E-state index contributed by atoms with van der Waals surface area (Å²) in [5.41, 5.74) is 5.87. The molecule has 1 amide bonds. The van der Waals surface area contributed by atoms with Gasteiger partial charge < -0.3 is 0 Å². The van der Waals surface area contributed by atoms with Crippen molar-refractivity contribution in [2.75, 3.05) is 7.05 Å². The van der Waals surface area contributed by atoms with Crippen LogP contribution in [0.4, 0.5) is 0 Å². The number of rotatable bonds is 0. The van der Waals surface area contributed by atoms with Crippen LogP contribution in [0.25, 0.3) is 0 Å². The van der Waals surface area contributed by atoms with Crippen molar-refractivity contribution >= 4 is 5.91 Å². The van der Waals surface area contributed by atoms with E-state index < -0.39 is 0 Å². The highest BCUT2D eigenvalue weighted by molar-refractivity contribution is 5.96. The molecule has 0 unspecified atom stereocenters. The number of carbonyl (C=O) groups excluding carboxylic acids is 1. The first-order valence-corrected chi connectivity index (χ1v) is 4.29. The molecule has 1 N–H and O–H groups in total. The Morgan fingerprint density at radius 1 is 1.46 bits per heavy atom. The van der Waals surface area contributed by atoms with Gasteiger partial charge in [0.25, 0.3) is 5.91 Å². The van der Waals surface area contributed by atoms with Gasteiger partial charge >= 0.3 is 0 Å². The Kier molecular flexibility index (Phi) is 1.81. The van der Waals surface area contributed by atoms with Crippen LogP contribution in [0.5, 0.6) is 0 Å². The molecule has 68 valence electrons. The molecule has 3 nitrogen and oxygen atoms in total. The van der Waals surface area contributed by atoms with Crippen molar-refractivity contribution in [1.82, 2.24) is 10.4 Å². The molecule has 0 radical (unpaired) electrons. The maximum atomic E-state index is 11.5. The second-order valence-electron chi connectivity index (χ2n) is 3.40. The molecular formula is C10H12N2O. The minimum atomic E-state index is -0.00699. The summed E-state index contributed by atoms with van der Waals surface area (Å²) < 4.78 is 0. The molecular weight excluding hydrogens is 164 g/mol. The van der Waals surface area contributed by atoms with Crippen molar-refractivity contribution in [1.29, 1.82) is 0 Å². The first kappa shape index (κ1) is 8.26. The van der Waals surface area contributed by atoms with E-state index in [1.54, 1.807) is 5.01 Å². The summed E-state index contributed by atoms with van der Waals surface area (Å²) in [7, 11) is 1.87. The van der Waals surface area contributed by atoms with Gasteiger partial charge in [0.2, 0.25) is 0 Å². The summed E-state index contributed by atoms with van der Waals surface area (Å²) in [4.78, 5) is 11.5. The molecule has 0 aromatic heterocycles. The average Bonchev–Trinajstić information content (AvgIpc) is 2.07. The van der Waals surface area contributed by atoms with E-state index in [4.69, 9.17) is 0 Å². The molecule has 1 aliphatic heterocycles. The molecule has 1 aromatic carbocycles. The van der Waals surface area contributed by atoms with Gasteiger partial charge in [0.1, 0.15) is 0 Å². The zero-order valence-corrected chi connectivity index (χ0v) is 7.79. The van der Waals surface area contributed by atoms with Crippen molar-refractivity contribution in [3.63, 3.8) is 0 Å². The van der Waals surface area contributed by atoms with Gasteiger partial charge in [-0.25, -0.2) is 5.01 Å². The Hall–Kier alpha value is -1.35. The SMILES string of the molecule is Cc1cccc2c1CN(C)NC2=O. The monoisotopic (exact) mass is 176 g/mol. The average molecular weight is 176 g/mol. The molecule has 0 atom stereocenters. The van der Waals surface area contributed by atoms with Gasteiger partial charge in [-0.15, -0.1) is 0 Å². The van der Waals surface area contributed by atoms with E-state index in [-0.39, 0.29) is 5.91 Å². The van der Waals surface area contributed by atoms with Crippen molar-refractivity contribution in [2.24, 2.45) is 0 Å². The maximum absolute atomic E-state index is 11.5. The minimum absolute atomic E-state index is 0.00699. The smallest absolute Gasteiger partial charge is 0.265 e. The molecule has 0 spiro atoms. The topological polar surface area (TPSA) is 32.3 Å². The largest absolute Gasteiger partial charge is 0.285 e. The Balaban J connectivity index is 2.55. The number of nitrogens with one attached hydrogen (secondary N) is 1. The van der Waals surface area contributed by atoms with Gasteiger partial charge in [-0.2, -0.15) is 0 Å². The lowest BCUT2D eigenvalue weighted by atomic mass is 10.00. The number of nitrogens with zero attached hydrogens (tertiary/aromatic N) is 1. The van der Waals surface area contributed by atoms with Crippen LogP contribution in [0, 0.1) is 6.92 Å². The summed E-state index contributed by atoms with van der Waals surface area (Å²) in [6.45, 7) is 2.82. The van der Waals surface area contributed by atoms with E-state index in [0.717, 1.165) is 17.7 Å². The van der Waals surface area contributed by atoms with E-state index >= 15 is 0 Å². The zero-order chi connectivity index (χ0) is 9.42. The lowest BCUT2D eigenvalue weighted by molar-refractivity contribution is 0.0786. The molecule has 0 saturated heterocycles. The van der Waals surface area contributed by atoms with Gasteiger partial charge in [-0.3, -0.25) is 10.2 Å². The molecule has 0 saturated carbocycles. The number of aryl methyl sites for hydroxylation is 1. The third kappa shape index (κ3) is 1.31. The number of benzene rings is 1. The van der Waals surface area contributed by atoms with Gasteiger partial charge in [0, 0.05) is 19.2 Å². The second-order valence-corrected chi connectivity index (χ2v) is 3.40. The fourth-order valence-electron chi connectivity index (χ4n) is 1.64. The Labute approximate surface area is 77.3 Å². The molecule has 1 aliphatic rings. The van der Waals surface area contributed by atoms with E-state index in [9.17, 15) is 4.79 Å². The highest BCUT2D eigenvalue weighted by Crippen LogP contribution is 2.18. The summed E-state index contributed by atoms with van der Waals surface area (Å²) in [5.74, 6) is -0.00699. The Morgan fingerprint density at radius 3 is 3.00 bits per heavy atom. The van der Waals surface area contributed by atoms with Gasteiger partial charge in [-0.05, 0) is 24.1 Å². The molecule has 1 heterocycles. The number of fused-ring (bicyclic) bond motifs is 1. The molecule has 3 heteroatoms. The summed E-state index contributed by atoms with van der Waals surface area (Å²) >= 11 is 0. The predicted octanol–water partition coefficient (Wildman–Crippen LogP) is 1.09. The molecule has 1 aromatic rings. The van der Waals surface area contributed by atoms with E-state index in [1.807, 2.05) is 32.2 Å². The maximum Gasteiger partial charge on any atom is 0.265 e. The van der Waals surface area contributed by atoms with E-state index in [1.165, 1.54) is 5.56 Å². The first-order chi connectivity index (χ1) is 6.18. The van der Waals surface area contributed by atoms with Crippen LogP contribution >= 0.6 is 0 Å². The molecule has 0 aliphatic carbocycles. The number of carbonyl (C=O) groups is 1. The van der Waals surface area contributed by atoms with Crippen LogP contribution in [-0.4, -0.2) is 18.0 Å². The van der Waals surface area contributed by atoms with Crippen LogP contribution in [0.1, 0.15) is 21.5 Å². The highest BCUT2D eigenvalue weighted by atomic mass is 16.2. The Morgan fingerprint density at radius 2 is 2.23 bits per heavy atom. The standard InChI is InChI=1S/C10H12N2O/c1-7-4-3-5-8-9(7)6-12(2)11-10(8)13/h3-5H,6H2,1-2H3,(H,11,13). The normalized spacial score (nSPS) is 16.6. The van der Waals surface area contributed by atoms with E-state index in [0.29, 0.717) is 0 Å². The summed E-state index contributed by atoms with van der Waals surface area (Å²) in [6, 6.07) is 5.81. The fraction of sp³-hybridized carbons (Fsp3) is 0.300. The first-order valence-electron chi connectivity index (χ1n) is 4.29. The second kappa shape index (κ2) is 2.85. The van der Waals surface area contributed by atoms with Gasteiger partial charge in [0.05, 0.1) is 0 Å². The van der Waals surface area contributed by atoms with Crippen LogP contribution < -0.4 is 5.43 Å². The zero-order valence-electron chi connectivity index (χ0n) is 7.79. The lowest BCUT2D eigenvalue weighted by Crippen LogP contribution is -2.43. The van der Waals surface area contributed by atoms with Crippen molar-refractivity contribution < 1.29 is 4.79 Å². The molecule has 0 bridgehead atoms. The van der Waals surface area contributed by atoms with E-state index in [2.05, 4.69) is 5.43 Å². The van der Waals surface area contributed by atoms with Crippen LogP contribution in [0.2, 0.25) is 0 Å². The quantitative estimate of drug-likeness (QED) is 0.641. The molecule has 13 heavy (non-hydrogen) atoms. The Bertz CT molecular complexity index is 360. The van der Waals surface area contributed by atoms with Crippen molar-refractivity contribution in [2.45, 2.75) is 13.5 Å².